The Kier molecular flexibility index (Phi) is 7.97. The first-order valence-corrected chi connectivity index (χ1v) is 10.3. The number of carbonyl (C=O) groups is 2. The van der Waals surface area contributed by atoms with Crippen LogP contribution in [0, 0.1) is 0 Å². The van der Waals surface area contributed by atoms with Crippen molar-refractivity contribution >= 4 is 33.5 Å². The number of hydrogen-bond acceptors (Lipinski definition) is 6. The van der Waals surface area contributed by atoms with Crippen molar-refractivity contribution in [3.8, 4) is 0 Å². The standard InChI is InChI=1S/C17H21ClN4O5S/c1-27-16(23)3-2-8-20-17(24)15(11-22-10-9-19-12-22)21-28(25,26)14-6-4-13(18)5-7-14/h4-7,9-10,12,15,21H,2-3,8,11H2,1H3,(H,20,24). The molecular weight excluding hydrogens is 408 g/mol. The molecule has 2 rings (SSSR count). The summed E-state index contributed by atoms with van der Waals surface area (Å²) in [7, 11) is -2.66. The Labute approximate surface area is 168 Å². The molecule has 2 aromatic rings. The second-order valence-electron chi connectivity index (χ2n) is 5.86. The predicted octanol–water partition coefficient (Wildman–Crippen LogP) is 0.953. The van der Waals surface area contributed by atoms with E-state index in [2.05, 4.69) is 19.8 Å². The number of halogens is 1. The summed E-state index contributed by atoms with van der Waals surface area (Å²) < 4.78 is 33.8. The van der Waals surface area contributed by atoms with Gasteiger partial charge in [0.15, 0.2) is 0 Å². The average Bonchev–Trinajstić information content (AvgIpc) is 3.17. The molecule has 1 unspecified atom stereocenters. The first-order chi connectivity index (χ1) is 13.3. The highest BCUT2D eigenvalue weighted by molar-refractivity contribution is 7.89. The number of hydrogen-bond donors (Lipinski definition) is 2. The molecule has 0 spiro atoms. The molecule has 0 bridgehead atoms. The Bertz CT molecular complexity index is 885. The lowest BCUT2D eigenvalue weighted by molar-refractivity contribution is -0.140. The Morgan fingerprint density at radius 3 is 2.61 bits per heavy atom. The largest absolute Gasteiger partial charge is 0.469 e. The number of amides is 1. The van der Waals surface area contributed by atoms with Crippen molar-refractivity contribution in [3.05, 3.63) is 48.0 Å². The maximum atomic E-state index is 12.6. The van der Waals surface area contributed by atoms with Gasteiger partial charge in [0.2, 0.25) is 15.9 Å². The summed E-state index contributed by atoms with van der Waals surface area (Å²) in [5, 5.41) is 3.03. The van der Waals surface area contributed by atoms with Crippen LogP contribution in [0.25, 0.3) is 0 Å². The van der Waals surface area contributed by atoms with Crippen LogP contribution in [0.2, 0.25) is 5.02 Å². The number of benzene rings is 1. The molecule has 1 heterocycles. The SMILES string of the molecule is COC(=O)CCCNC(=O)C(Cn1ccnc1)NS(=O)(=O)c1ccc(Cl)cc1. The van der Waals surface area contributed by atoms with E-state index >= 15 is 0 Å². The molecule has 11 heteroatoms. The Hall–Kier alpha value is -2.43. The first-order valence-electron chi connectivity index (χ1n) is 8.40. The quantitative estimate of drug-likeness (QED) is 0.429. The normalized spacial score (nSPS) is 12.4. The molecule has 0 fully saturated rings. The second-order valence-corrected chi connectivity index (χ2v) is 8.01. The van der Waals surface area contributed by atoms with E-state index in [1.165, 1.54) is 43.9 Å². The van der Waals surface area contributed by atoms with Crippen LogP contribution in [0.15, 0.2) is 47.9 Å². The third-order valence-electron chi connectivity index (χ3n) is 3.78. The molecule has 2 N–H and O–H groups in total. The zero-order valence-electron chi connectivity index (χ0n) is 15.2. The van der Waals surface area contributed by atoms with Gasteiger partial charge in [0.1, 0.15) is 6.04 Å². The van der Waals surface area contributed by atoms with Crippen molar-refractivity contribution in [1.29, 1.82) is 0 Å². The molecule has 0 aliphatic rings. The monoisotopic (exact) mass is 428 g/mol. The van der Waals surface area contributed by atoms with Gasteiger partial charge >= 0.3 is 5.97 Å². The van der Waals surface area contributed by atoms with Crippen molar-refractivity contribution in [2.75, 3.05) is 13.7 Å². The minimum Gasteiger partial charge on any atom is -0.469 e. The van der Waals surface area contributed by atoms with Gasteiger partial charge in [0.05, 0.1) is 18.3 Å². The highest BCUT2D eigenvalue weighted by atomic mass is 35.5. The molecule has 0 saturated heterocycles. The zero-order valence-corrected chi connectivity index (χ0v) is 16.7. The van der Waals surface area contributed by atoms with E-state index < -0.39 is 22.0 Å². The second kappa shape index (κ2) is 10.2. The van der Waals surface area contributed by atoms with Crippen LogP contribution in [0.4, 0.5) is 0 Å². The summed E-state index contributed by atoms with van der Waals surface area (Å²) in [6.45, 7) is 0.257. The zero-order chi connectivity index (χ0) is 20.6. The summed E-state index contributed by atoms with van der Waals surface area (Å²) in [5.41, 5.74) is 0. The molecule has 0 radical (unpaired) electrons. The minimum absolute atomic E-state index is 0.00831. The van der Waals surface area contributed by atoms with Gasteiger partial charge in [-0.15, -0.1) is 0 Å². The van der Waals surface area contributed by atoms with Crippen LogP contribution in [0.5, 0.6) is 0 Å². The first kappa shape index (κ1) is 21.9. The Balaban J connectivity index is 2.07. The number of sulfonamides is 1. The van der Waals surface area contributed by atoms with Gasteiger partial charge in [-0.25, -0.2) is 13.4 Å². The maximum Gasteiger partial charge on any atom is 0.305 e. The average molecular weight is 429 g/mol. The number of carbonyl (C=O) groups excluding carboxylic acids is 2. The Morgan fingerprint density at radius 2 is 2.00 bits per heavy atom. The summed E-state index contributed by atoms with van der Waals surface area (Å²) >= 11 is 5.79. The number of esters is 1. The van der Waals surface area contributed by atoms with Crippen molar-refractivity contribution in [3.63, 3.8) is 0 Å². The number of imidazole rings is 1. The molecule has 0 aliphatic carbocycles. The van der Waals surface area contributed by atoms with Gasteiger partial charge in [0, 0.05) is 36.9 Å². The van der Waals surface area contributed by atoms with Gasteiger partial charge in [-0.3, -0.25) is 9.59 Å². The van der Waals surface area contributed by atoms with E-state index in [0.29, 0.717) is 11.4 Å². The molecule has 152 valence electrons. The lowest BCUT2D eigenvalue weighted by Crippen LogP contribution is -2.49. The van der Waals surface area contributed by atoms with Crippen molar-refractivity contribution in [1.82, 2.24) is 19.6 Å². The number of nitrogens with one attached hydrogen (secondary N) is 2. The van der Waals surface area contributed by atoms with Crippen molar-refractivity contribution in [2.24, 2.45) is 0 Å². The molecule has 1 amide bonds. The van der Waals surface area contributed by atoms with Gasteiger partial charge in [-0.05, 0) is 30.7 Å². The number of methoxy groups -OCH3 is 1. The molecule has 1 atom stereocenters. The number of nitrogens with zero attached hydrogens (tertiary/aromatic N) is 2. The van der Waals surface area contributed by atoms with Crippen LogP contribution in [0.1, 0.15) is 12.8 Å². The molecule has 0 aliphatic heterocycles. The smallest absolute Gasteiger partial charge is 0.305 e. The highest BCUT2D eigenvalue weighted by Crippen LogP contribution is 2.14. The van der Waals surface area contributed by atoms with Crippen LogP contribution in [0.3, 0.4) is 0 Å². The van der Waals surface area contributed by atoms with E-state index in [-0.39, 0.29) is 30.4 Å². The topological polar surface area (TPSA) is 119 Å². The highest BCUT2D eigenvalue weighted by Gasteiger charge is 2.26. The molecule has 0 saturated carbocycles. The van der Waals surface area contributed by atoms with E-state index in [1.807, 2.05) is 0 Å². The number of ether oxygens (including phenoxy) is 1. The lowest BCUT2D eigenvalue weighted by Gasteiger charge is -2.19. The van der Waals surface area contributed by atoms with Crippen LogP contribution >= 0.6 is 11.6 Å². The van der Waals surface area contributed by atoms with E-state index in [4.69, 9.17) is 11.6 Å². The summed E-state index contributed by atoms with van der Waals surface area (Å²) in [6, 6.07) is 4.54. The predicted molar refractivity (Wildman–Crippen MR) is 102 cm³/mol. The summed E-state index contributed by atoms with van der Waals surface area (Å²) in [5.74, 6) is -0.899. The third kappa shape index (κ3) is 6.63. The van der Waals surface area contributed by atoms with Crippen molar-refractivity contribution in [2.45, 2.75) is 30.3 Å². The van der Waals surface area contributed by atoms with Gasteiger partial charge in [-0.2, -0.15) is 4.72 Å². The summed E-state index contributed by atoms with van der Waals surface area (Å²) in [6.07, 6.45) is 5.15. The minimum atomic E-state index is -3.95. The van der Waals surface area contributed by atoms with Gasteiger partial charge in [-0.1, -0.05) is 11.6 Å². The van der Waals surface area contributed by atoms with Gasteiger partial charge in [0.25, 0.3) is 0 Å². The van der Waals surface area contributed by atoms with E-state index in [9.17, 15) is 18.0 Å². The summed E-state index contributed by atoms with van der Waals surface area (Å²) in [4.78, 5) is 27.5. The van der Waals surface area contributed by atoms with Gasteiger partial charge < -0.3 is 14.6 Å². The van der Waals surface area contributed by atoms with Crippen LogP contribution in [-0.2, 0) is 30.9 Å². The van der Waals surface area contributed by atoms with Crippen molar-refractivity contribution < 1.29 is 22.7 Å². The molecule has 1 aromatic carbocycles. The van der Waals surface area contributed by atoms with E-state index in [1.54, 1.807) is 10.8 Å². The van der Waals surface area contributed by atoms with E-state index in [0.717, 1.165) is 0 Å². The fourth-order valence-electron chi connectivity index (χ4n) is 2.32. The molecular formula is C17H21ClN4O5S. The molecule has 9 nitrogen and oxygen atoms in total. The maximum absolute atomic E-state index is 12.6. The fourth-order valence-corrected chi connectivity index (χ4v) is 3.63. The number of aromatic nitrogens is 2. The molecule has 1 aromatic heterocycles. The number of rotatable bonds is 10. The lowest BCUT2D eigenvalue weighted by atomic mass is 10.2. The van der Waals surface area contributed by atoms with Crippen LogP contribution < -0.4 is 10.0 Å². The molecule has 28 heavy (non-hydrogen) atoms. The fraction of sp³-hybridized carbons (Fsp3) is 0.353. The van der Waals surface area contributed by atoms with Crippen LogP contribution in [-0.4, -0.2) is 49.5 Å². The third-order valence-corrected chi connectivity index (χ3v) is 5.51. The Morgan fingerprint density at radius 1 is 1.29 bits per heavy atom.